The van der Waals surface area contributed by atoms with E-state index in [1.807, 2.05) is 24.3 Å². The topological polar surface area (TPSA) is 49.7 Å². The molecule has 0 N–H and O–H groups in total. The minimum Gasteiger partial charge on any atom is -0.493 e. The maximum Gasteiger partial charge on any atom is 0.340 e. The summed E-state index contributed by atoms with van der Waals surface area (Å²) in [7, 11) is -1.63. The van der Waals surface area contributed by atoms with E-state index in [-0.39, 0.29) is 23.3 Å². The van der Waals surface area contributed by atoms with Crippen molar-refractivity contribution in [3.8, 4) is 5.75 Å². The van der Waals surface area contributed by atoms with E-state index >= 15 is 0 Å². The summed E-state index contributed by atoms with van der Waals surface area (Å²) in [5.41, 5.74) is 5.39. The average molecular weight is 796 g/mol. The van der Waals surface area contributed by atoms with Gasteiger partial charge in [0.1, 0.15) is 11.6 Å². The lowest BCUT2D eigenvalue weighted by molar-refractivity contribution is 0.0595. The third-order valence-corrected chi connectivity index (χ3v) is 16.0. The van der Waals surface area contributed by atoms with Gasteiger partial charge in [-0.3, -0.25) is 0 Å². The van der Waals surface area contributed by atoms with Crippen LogP contribution in [0.15, 0.2) is 158 Å². The molecule has 0 saturated heterocycles. The molecular weight excluding hydrogens is 749 g/mol. The van der Waals surface area contributed by atoms with E-state index in [4.69, 9.17) is 25.5 Å². The lowest BCUT2D eigenvalue weighted by Crippen LogP contribution is -2.66. The standard InChI is InChI=1S/C49H47ClFNO4Si/c1-49(2,3)57(39-21-13-7-14-22-39,40-23-15-8-16-24-40)56-32-30-46-41(29-31-55-38-26-27-42(44(51)34-38)48(53)54-4)43-33-37(50)25-28-45(43)52(46)47(35-17-9-5-10-18-35)36-19-11-6-12-20-36/h5-28,33-34,47H,29-32H2,1-4H3. The Bertz CT molecular complexity index is 2350. The van der Waals surface area contributed by atoms with Crippen molar-refractivity contribution in [2.45, 2.75) is 44.7 Å². The number of hydrogen-bond donors (Lipinski definition) is 0. The molecule has 0 unspecified atom stereocenters. The number of aromatic nitrogens is 1. The van der Waals surface area contributed by atoms with Crippen molar-refractivity contribution in [3.05, 3.63) is 197 Å². The molecule has 0 fully saturated rings. The highest BCUT2D eigenvalue weighted by Crippen LogP contribution is 2.40. The van der Waals surface area contributed by atoms with E-state index in [1.165, 1.54) is 29.6 Å². The van der Waals surface area contributed by atoms with Gasteiger partial charge in [0.25, 0.3) is 8.32 Å². The number of methoxy groups -OCH3 is 1. The molecule has 1 aromatic heterocycles. The number of benzene rings is 6. The normalized spacial score (nSPS) is 11.9. The molecule has 0 atom stereocenters. The van der Waals surface area contributed by atoms with Gasteiger partial charge >= 0.3 is 5.97 Å². The maximum atomic E-state index is 14.9. The molecule has 0 bridgehead atoms. The lowest BCUT2D eigenvalue weighted by atomic mass is 9.97. The molecule has 0 aliphatic rings. The number of fused-ring (bicyclic) bond motifs is 1. The molecule has 7 aromatic rings. The quantitative estimate of drug-likeness (QED) is 0.0813. The van der Waals surface area contributed by atoms with Gasteiger partial charge < -0.3 is 18.5 Å². The first kappa shape index (κ1) is 39.8. The summed E-state index contributed by atoms with van der Waals surface area (Å²) in [6.07, 6.45) is 1.11. The molecule has 0 aliphatic carbocycles. The van der Waals surface area contributed by atoms with Crippen LogP contribution in [-0.2, 0) is 22.0 Å². The van der Waals surface area contributed by atoms with Crippen molar-refractivity contribution in [2.24, 2.45) is 0 Å². The van der Waals surface area contributed by atoms with Crippen molar-refractivity contribution in [1.82, 2.24) is 4.57 Å². The molecule has 57 heavy (non-hydrogen) atoms. The van der Waals surface area contributed by atoms with Gasteiger partial charge in [-0.05, 0) is 62.4 Å². The highest BCUT2D eigenvalue weighted by molar-refractivity contribution is 6.99. The predicted octanol–water partition coefficient (Wildman–Crippen LogP) is 10.6. The largest absolute Gasteiger partial charge is 0.493 e. The second-order valence-electron chi connectivity index (χ2n) is 15.2. The molecular formula is C49H47ClFNO4Si. The molecule has 7 rings (SSSR count). The molecule has 0 spiro atoms. The third-order valence-electron chi connectivity index (χ3n) is 10.7. The van der Waals surface area contributed by atoms with Crippen molar-refractivity contribution >= 4 is 47.2 Å². The smallest absolute Gasteiger partial charge is 0.340 e. The van der Waals surface area contributed by atoms with Gasteiger partial charge in [-0.2, -0.15) is 0 Å². The Morgan fingerprint density at radius 3 is 1.81 bits per heavy atom. The zero-order chi connectivity index (χ0) is 40.0. The van der Waals surface area contributed by atoms with Gasteiger partial charge in [-0.1, -0.05) is 154 Å². The molecule has 290 valence electrons. The summed E-state index contributed by atoms with van der Waals surface area (Å²) < 4.78 is 35.8. The van der Waals surface area contributed by atoms with Crippen LogP contribution in [-0.4, -0.2) is 39.2 Å². The van der Waals surface area contributed by atoms with E-state index in [2.05, 4.69) is 141 Å². The van der Waals surface area contributed by atoms with Gasteiger partial charge in [-0.15, -0.1) is 0 Å². The molecule has 6 aromatic carbocycles. The van der Waals surface area contributed by atoms with Crippen molar-refractivity contribution < 1.29 is 23.1 Å². The molecule has 0 saturated carbocycles. The number of rotatable bonds is 14. The summed E-state index contributed by atoms with van der Waals surface area (Å²) in [6.45, 7) is 7.60. The van der Waals surface area contributed by atoms with Crippen molar-refractivity contribution in [3.63, 3.8) is 0 Å². The second kappa shape index (κ2) is 17.3. The van der Waals surface area contributed by atoms with Crippen LogP contribution < -0.4 is 15.1 Å². The predicted molar refractivity (Wildman–Crippen MR) is 231 cm³/mol. The van der Waals surface area contributed by atoms with Crippen LogP contribution in [0.5, 0.6) is 5.75 Å². The van der Waals surface area contributed by atoms with E-state index in [0.717, 1.165) is 33.3 Å². The Labute approximate surface area is 340 Å². The molecule has 0 amide bonds. The molecule has 0 radical (unpaired) electrons. The highest BCUT2D eigenvalue weighted by atomic mass is 35.5. The lowest BCUT2D eigenvalue weighted by Gasteiger charge is -2.43. The number of carbonyl (C=O) groups excluding carboxylic acids is 1. The second-order valence-corrected chi connectivity index (χ2v) is 19.9. The number of halogens is 2. The van der Waals surface area contributed by atoms with E-state index in [1.54, 1.807) is 6.07 Å². The average Bonchev–Trinajstić information content (AvgIpc) is 3.51. The van der Waals surface area contributed by atoms with Crippen LogP contribution in [0.25, 0.3) is 10.9 Å². The van der Waals surface area contributed by atoms with E-state index < -0.39 is 20.1 Å². The molecule has 5 nitrogen and oxygen atoms in total. The number of nitrogens with zero attached hydrogens (tertiary/aromatic N) is 1. The first-order valence-corrected chi connectivity index (χ1v) is 21.6. The van der Waals surface area contributed by atoms with E-state index in [9.17, 15) is 9.18 Å². The summed E-state index contributed by atoms with van der Waals surface area (Å²) in [5.74, 6) is -1.11. The zero-order valence-electron chi connectivity index (χ0n) is 32.8. The van der Waals surface area contributed by atoms with Crippen LogP contribution in [0.2, 0.25) is 10.1 Å². The third kappa shape index (κ3) is 8.19. The number of esters is 1. The first-order valence-electron chi connectivity index (χ1n) is 19.3. The minimum atomic E-state index is -2.86. The van der Waals surface area contributed by atoms with Gasteiger partial charge in [0.2, 0.25) is 0 Å². The fourth-order valence-corrected chi connectivity index (χ4v) is 12.9. The van der Waals surface area contributed by atoms with Gasteiger partial charge in [0.15, 0.2) is 0 Å². The summed E-state index contributed by atoms with van der Waals surface area (Å²) in [5, 5.41) is 3.91. The SMILES string of the molecule is COC(=O)c1ccc(OCCc2c(CCO[Si](c3ccccc3)(c3ccccc3)C(C)(C)C)n(C(c3ccccc3)c3ccccc3)c3ccc(Cl)cc23)cc1F. The Hall–Kier alpha value is -5.47. The van der Waals surface area contributed by atoms with Crippen molar-refractivity contribution in [1.29, 1.82) is 0 Å². The fraction of sp³-hybridized carbons (Fsp3) is 0.204. The van der Waals surface area contributed by atoms with Crippen molar-refractivity contribution in [2.75, 3.05) is 20.3 Å². The Kier molecular flexibility index (Phi) is 12.1. The summed E-state index contributed by atoms with van der Waals surface area (Å²) >= 11 is 6.78. The van der Waals surface area contributed by atoms with Crippen LogP contribution in [0.3, 0.4) is 0 Å². The van der Waals surface area contributed by atoms with Crippen LogP contribution in [0.1, 0.15) is 59.6 Å². The Balaban J connectivity index is 1.35. The number of ether oxygens (including phenoxy) is 2. The summed E-state index contributed by atoms with van der Waals surface area (Å²) in [4.78, 5) is 12.0. The Morgan fingerprint density at radius 1 is 0.719 bits per heavy atom. The zero-order valence-corrected chi connectivity index (χ0v) is 34.5. The number of carbonyl (C=O) groups is 1. The van der Waals surface area contributed by atoms with E-state index in [0.29, 0.717) is 30.2 Å². The fourth-order valence-electron chi connectivity index (χ4n) is 8.21. The first-order chi connectivity index (χ1) is 27.6. The van der Waals surface area contributed by atoms with Gasteiger partial charge in [0.05, 0.1) is 25.3 Å². The Morgan fingerprint density at radius 2 is 1.28 bits per heavy atom. The molecule has 1 heterocycles. The molecule has 0 aliphatic heterocycles. The van der Waals surface area contributed by atoms with Gasteiger partial charge in [0, 0.05) is 47.1 Å². The van der Waals surface area contributed by atoms with Crippen LogP contribution >= 0.6 is 11.6 Å². The highest BCUT2D eigenvalue weighted by Gasteiger charge is 2.50. The van der Waals surface area contributed by atoms with Gasteiger partial charge in [-0.25, -0.2) is 9.18 Å². The van der Waals surface area contributed by atoms with Crippen LogP contribution in [0.4, 0.5) is 4.39 Å². The summed E-state index contributed by atoms with van der Waals surface area (Å²) in [6, 6.07) is 52.7. The minimum absolute atomic E-state index is 0.140. The molecule has 8 heteroatoms. The number of hydrogen-bond acceptors (Lipinski definition) is 4. The maximum absolute atomic E-state index is 14.9. The van der Waals surface area contributed by atoms with Crippen LogP contribution in [0, 0.1) is 5.82 Å². The monoisotopic (exact) mass is 795 g/mol.